The summed E-state index contributed by atoms with van der Waals surface area (Å²) in [6.07, 6.45) is 9.89. The molecule has 0 saturated carbocycles. The van der Waals surface area contributed by atoms with E-state index in [2.05, 4.69) is 55.5 Å². The zero-order chi connectivity index (χ0) is 13.5. The van der Waals surface area contributed by atoms with E-state index in [1.54, 1.807) is 11.1 Å². The van der Waals surface area contributed by atoms with Gasteiger partial charge in [0, 0.05) is 5.92 Å². The molecule has 2 aliphatic carbocycles. The minimum absolute atomic E-state index is 0.585. The van der Waals surface area contributed by atoms with Gasteiger partial charge in [0.1, 0.15) is 0 Å². The van der Waals surface area contributed by atoms with Crippen LogP contribution in [0.2, 0.25) is 0 Å². The van der Waals surface area contributed by atoms with Gasteiger partial charge in [-0.1, -0.05) is 55.5 Å². The second-order valence-electron chi connectivity index (χ2n) is 5.96. The molecule has 0 heterocycles. The van der Waals surface area contributed by atoms with Crippen LogP contribution in [-0.2, 0) is 6.42 Å². The first-order valence-electron chi connectivity index (χ1n) is 7.81. The van der Waals surface area contributed by atoms with Crippen molar-refractivity contribution in [1.82, 2.24) is 0 Å². The third kappa shape index (κ3) is 1.67. The minimum Gasteiger partial charge on any atom is -0.0770 e. The Morgan fingerprint density at radius 1 is 1.00 bits per heavy atom. The topological polar surface area (TPSA) is 0 Å². The van der Waals surface area contributed by atoms with Crippen LogP contribution in [0.4, 0.5) is 0 Å². The zero-order valence-electron chi connectivity index (χ0n) is 12.0. The van der Waals surface area contributed by atoms with Gasteiger partial charge in [0.15, 0.2) is 0 Å². The predicted molar refractivity (Wildman–Crippen MR) is 84.7 cm³/mol. The Morgan fingerprint density at radius 3 is 2.80 bits per heavy atom. The van der Waals surface area contributed by atoms with Crippen molar-refractivity contribution in [2.45, 2.75) is 38.5 Å². The lowest BCUT2D eigenvalue weighted by atomic mass is 9.82. The highest BCUT2D eigenvalue weighted by atomic mass is 14.2. The van der Waals surface area contributed by atoms with Gasteiger partial charge in [-0.15, -0.1) is 0 Å². The summed E-state index contributed by atoms with van der Waals surface area (Å²) >= 11 is 0. The zero-order valence-corrected chi connectivity index (χ0v) is 12.0. The number of fused-ring (bicyclic) bond motifs is 4. The van der Waals surface area contributed by atoms with Crippen molar-refractivity contribution in [3.05, 3.63) is 68.4 Å². The summed E-state index contributed by atoms with van der Waals surface area (Å²) in [6.45, 7) is 2.31. The number of benzene rings is 2. The van der Waals surface area contributed by atoms with Crippen LogP contribution in [0.3, 0.4) is 0 Å². The van der Waals surface area contributed by atoms with E-state index in [-0.39, 0.29) is 0 Å². The summed E-state index contributed by atoms with van der Waals surface area (Å²) in [6, 6.07) is 13.5. The third-order valence-electron chi connectivity index (χ3n) is 4.83. The second-order valence-corrected chi connectivity index (χ2v) is 5.96. The minimum atomic E-state index is 0.585. The molecule has 0 radical (unpaired) electrons. The van der Waals surface area contributed by atoms with Crippen LogP contribution in [0.5, 0.6) is 0 Å². The average molecular weight is 260 g/mol. The van der Waals surface area contributed by atoms with Crippen LogP contribution in [0, 0.1) is 10.4 Å². The molecule has 0 N–H and O–H groups in total. The third-order valence-corrected chi connectivity index (χ3v) is 4.83. The van der Waals surface area contributed by atoms with Crippen molar-refractivity contribution >= 4 is 12.2 Å². The molecule has 2 aliphatic rings. The quantitative estimate of drug-likeness (QED) is 0.737. The van der Waals surface area contributed by atoms with E-state index < -0.39 is 0 Å². The van der Waals surface area contributed by atoms with E-state index in [1.165, 1.54) is 46.6 Å². The molecule has 0 fully saturated rings. The molecule has 0 aliphatic heterocycles. The molecule has 2 aromatic carbocycles. The summed E-state index contributed by atoms with van der Waals surface area (Å²) in [5.41, 5.74) is 3.23. The lowest BCUT2D eigenvalue weighted by Crippen LogP contribution is -2.21. The van der Waals surface area contributed by atoms with Gasteiger partial charge in [-0.05, 0) is 57.7 Å². The maximum atomic E-state index is 2.48. The molecule has 4 rings (SSSR count). The number of hydrogen-bond donors (Lipinski definition) is 0. The molecule has 1 atom stereocenters. The molecule has 0 bridgehead atoms. The molecule has 0 nitrogen and oxygen atoms in total. The Labute approximate surface area is 119 Å². The lowest BCUT2D eigenvalue weighted by molar-refractivity contribution is 0.771. The van der Waals surface area contributed by atoms with Gasteiger partial charge in [-0.25, -0.2) is 0 Å². The van der Waals surface area contributed by atoms with Gasteiger partial charge in [0.2, 0.25) is 0 Å². The van der Waals surface area contributed by atoms with Gasteiger partial charge in [0.25, 0.3) is 0 Å². The van der Waals surface area contributed by atoms with E-state index in [0.29, 0.717) is 5.92 Å². The van der Waals surface area contributed by atoms with E-state index in [9.17, 15) is 0 Å². The predicted octanol–water partition coefficient (Wildman–Crippen LogP) is 3.38. The first-order valence-corrected chi connectivity index (χ1v) is 7.81. The Hall–Kier alpha value is -1.82. The lowest BCUT2D eigenvalue weighted by Gasteiger charge is -2.22. The molecule has 1 unspecified atom stereocenters. The van der Waals surface area contributed by atoms with Crippen LogP contribution in [0.25, 0.3) is 12.2 Å². The van der Waals surface area contributed by atoms with E-state index >= 15 is 0 Å². The van der Waals surface area contributed by atoms with Crippen LogP contribution < -0.4 is 10.4 Å². The van der Waals surface area contributed by atoms with E-state index in [4.69, 9.17) is 0 Å². The molecule has 0 saturated heterocycles. The van der Waals surface area contributed by atoms with Crippen LogP contribution >= 0.6 is 0 Å². The van der Waals surface area contributed by atoms with Gasteiger partial charge in [-0.3, -0.25) is 0 Å². The summed E-state index contributed by atoms with van der Waals surface area (Å²) in [5, 5.41) is 5.79. The molecule has 0 amide bonds. The van der Waals surface area contributed by atoms with Crippen molar-refractivity contribution < 1.29 is 0 Å². The monoisotopic (exact) mass is 260 g/mol. The Kier molecular flexibility index (Phi) is 2.77. The number of hydrogen-bond acceptors (Lipinski definition) is 0. The second kappa shape index (κ2) is 4.63. The average Bonchev–Trinajstić information content (AvgIpc) is 2.53. The summed E-state index contributed by atoms with van der Waals surface area (Å²) in [7, 11) is 0. The van der Waals surface area contributed by atoms with Crippen molar-refractivity contribution in [3.8, 4) is 0 Å². The highest BCUT2D eigenvalue weighted by molar-refractivity contribution is 5.51. The SMILES string of the molecule is CCC1C=c2ccccc2=c2ccc3c(c21)CCCC=3. The highest BCUT2D eigenvalue weighted by Crippen LogP contribution is 2.28. The fourth-order valence-corrected chi connectivity index (χ4v) is 3.86. The first-order chi connectivity index (χ1) is 9.88. The van der Waals surface area contributed by atoms with Crippen molar-refractivity contribution in [1.29, 1.82) is 0 Å². The maximum absolute atomic E-state index is 2.48. The molecule has 0 spiro atoms. The van der Waals surface area contributed by atoms with Gasteiger partial charge >= 0.3 is 0 Å². The van der Waals surface area contributed by atoms with E-state index in [0.717, 1.165) is 0 Å². The fraction of sp³-hybridized carbons (Fsp3) is 0.300. The molecule has 2 aromatic rings. The molecular weight excluding hydrogens is 240 g/mol. The highest BCUT2D eigenvalue weighted by Gasteiger charge is 2.18. The van der Waals surface area contributed by atoms with Gasteiger partial charge in [-0.2, -0.15) is 0 Å². The van der Waals surface area contributed by atoms with Gasteiger partial charge < -0.3 is 0 Å². The summed E-state index contributed by atoms with van der Waals surface area (Å²) < 4.78 is 0. The smallest absolute Gasteiger partial charge is 0.00336 e. The maximum Gasteiger partial charge on any atom is 0.00336 e. The molecule has 20 heavy (non-hydrogen) atoms. The Bertz CT molecular complexity index is 871. The van der Waals surface area contributed by atoms with Crippen molar-refractivity contribution in [3.63, 3.8) is 0 Å². The van der Waals surface area contributed by atoms with E-state index in [1.807, 2.05) is 0 Å². The Morgan fingerprint density at radius 2 is 1.90 bits per heavy atom. The number of rotatable bonds is 1. The van der Waals surface area contributed by atoms with Crippen LogP contribution in [-0.4, -0.2) is 0 Å². The first kappa shape index (κ1) is 12.0. The fourth-order valence-electron chi connectivity index (χ4n) is 3.86. The van der Waals surface area contributed by atoms with Crippen LogP contribution in [0.1, 0.15) is 43.2 Å². The molecule has 0 heteroatoms. The summed E-state index contributed by atoms with van der Waals surface area (Å²) in [4.78, 5) is 0. The Balaban J connectivity index is 2.23. The molecule has 0 aromatic heterocycles. The standard InChI is InChI=1S/C20H20/c1-2-14-13-16-8-4-5-9-17(16)19-12-11-15-7-3-6-10-18(15)20(14)19/h4-5,7-9,11-14H,2-3,6,10H2,1H3. The molecular formula is C20H20. The van der Waals surface area contributed by atoms with Crippen molar-refractivity contribution in [2.24, 2.45) is 0 Å². The molecule has 100 valence electrons. The largest absolute Gasteiger partial charge is 0.0770 e. The van der Waals surface area contributed by atoms with Crippen molar-refractivity contribution in [2.75, 3.05) is 0 Å². The van der Waals surface area contributed by atoms with Gasteiger partial charge in [0.05, 0.1) is 0 Å². The van der Waals surface area contributed by atoms with Crippen LogP contribution in [0.15, 0.2) is 36.4 Å². The normalized spacial score (nSPS) is 19.1. The summed E-state index contributed by atoms with van der Waals surface area (Å²) in [5.74, 6) is 0.585.